The Bertz CT molecular complexity index is 3370. The van der Waals surface area contributed by atoms with Gasteiger partial charge in [-0.1, -0.05) is 68.1 Å². The number of aliphatic carboxylic acids is 1. The number of aliphatic hydroxyl groups is 6. The second kappa shape index (κ2) is 40.1. The van der Waals surface area contributed by atoms with Crippen LogP contribution in [0.5, 0.6) is 0 Å². The van der Waals surface area contributed by atoms with Crippen molar-refractivity contribution in [3.8, 4) is 0 Å². The number of carboxylic acid groups (broad SMARTS) is 1. The van der Waals surface area contributed by atoms with E-state index in [1.54, 1.807) is 0 Å². The lowest BCUT2D eigenvalue weighted by atomic mass is 9.48. The number of carboxylic acids is 1. The maximum atomic E-state index is 13.1. The van der Waals surface area contributed by atoms with Crippen LogP contribution in [0.1, 0.15) is 208 Å². The minimum absolute atomic E-state index is 0. The highest BCUT2D eigenvalue weighted by Gasteiger charge is 2.65. The predicted molar refractivity (Wildman–Crippen MR) is 406 cm³/mol. The number of alkyl halides is 4. The molecule has 0 amide bonds. The summed E-state index contributed by atoms with van der Waals surface area (Å²) in [7, 11) is 1.56. The van der Waals surface area contributed by atoms with Gasteiger partial charge in [-0.2, -0.15) is 26.2 Å². The number of rotatable bonds is 25. The Labute approximate surface area is 676 Å². The van der Waals surface area contributed by atoms with Gasteiger partial charge in [0.1, 0.15) is 73.5 Å². The molecule has 20 rings (SSSR count). The van der Waals surface area contributed by atoms with Crippen molar-refractivity contribution in [1.82, 2.24) is 0 Å². The Morgan fingerprint density at radius 1 is 0.430 bits per heavy atom. The van der Waals surface area contributed by atoms with E-state index in [4.69, 9.17) is 29.7 Å². The molecule has 8 unspecified atom stereocenters. The van der Waals surface area contributed by atoms with Crippen molar-refractivity contribution >= 4 is 93.3 Å². The first-order chi connectivity index (χ1) is 53.6. The molecule has 114 heavy (non-hydrogen) atoms. The number of hydrogen-bond donors (Lipinski definition) is 7. The highest BCUT2D eigenvalue weighted by molar-refractivity contribution is 7.98. The topological polar surface area (TPSA) is 407 Å². The fraction of sp³-hybridized carbons (Fsp3) is 0.750. The summed E-state index contributed by atoms with van der Waals surface area (Å²) < 4.78 is 80.6. The van der Waals surface area contributed by atoms with Crippen LogP contribution in [0.25, 0.3) is 0 Å². The number of carbonyl (C=O) groups is 8. The molecule has 0 spiro atoms. The van der Waals surface area contributed by atoms with Crippen molar-refractivity contribution in [2.24, 2.45) is 69.0 Å². The fourth-order valence-corrected chi connectivity index (χ4v) is 27.7. The van der Waals surface area contributed by atoms with Crippen molar-refractivity contribution in [1.29, 1.82) is 0 Å². The molecule has 2 aromatic carbocycles. The first-order valence-corrected chi connectivity index (χ1v) is 44.1. The van der Waals surface area contributed by atoms with Gasteiger partial charge in [0.25, 0.3) is 0 Å². The van der Waals surface area contributed by atoms with E-state index in [2.05, 4.69) is 28.2 Å². The third kappa shape index (κ3) is 24.1. The standard InChI is InChI=1S/C15H20F2O8S.2C13H20O4.2C12H15OS.C11H16O3.C3H4F2O5S.CH4/c16-15(17,26-25-24-21)12(19)23-2-1-22-11(18)13-4-9-3-10(5-13)7-14(20,6-9)8-13;2*14-1-2-17-11(15)12-4-9-3-10(5-12)7-13(16,6-9)8-12;2*13-12(10-14-8-4-5-9-14)11-6-2-1-3-7-11;12-9(13)10-2-7-1-8(3-10)5-11(14,4-7)6-10;1-8-2(6)3(4,5)11-10-9-7;/h9-10,20-21H,1-8H2;2*9-10,14,16H,1-8H2;2*1-3,6-7H,4-5,8-10H2;7-8,14H,1-6H2,(H,12,13);7H,1H3;1H4/q;;;2*+1;;;/p-2. The molecule has 18 fully saturated rings. The molecule has 26 nitrogen and oxygen atoms in total. The molecular formula is C80H112F4O26S4. The molecular weight excluding hydrogens is 1580 g/mol. The van der Waals surface area contributed by atoms with E-state index in [0.29, 0.717) is 132 Å². The number of aliphatic hydroxyl groups excluding tert-OH is 2. The summed E-state index contributed by atoms with van der Waals surface area (Å²) in [5.41, 5.74) is -3.15. The van der Waals surface area contributed by atoms with Gasteiger partial charge in [-0.05, 0) is 249 Å². The maximum absolute atomic E-state index is 13.1. The van der Waals surface area contributed by atoms with E-state index >= 15 is 0 Å². The fourth-order valence-electron chi connectivity index (χ4n) is 22.7. The molecule has 640 valence electrons. The van der Waals surface area contributed by atoms with Gasteiger partial charge in [-0.15, -0.1) is 0 Å². The molecule has 0 aromatic heterocycles. The number of Topliss-reactive ketones (excluding diaryl/α,β-unsaturated/α-hetero) is 2. The lowest BCUT2D eigenvalue weighted by molar-refractivity contribution is -0.777. The van der Waals surface area contributed by atoms with Crippen molar-refractivity contribution < 1.29 is 145 Å². The Kier molecular flexibility index (Phi) is 32.7. The molecule has 7 N–H and O–H groups in total. The van der Waals surface area contributed by atoms with Crippen LogP contribution >= 0.6 is 24.1 Å². The lowest BCUT2D eigenvalue weighted by Gasteiger charge is -2.58. The van der Waals surface area contributed by atoms with Gasteiger partial charge in [0, 0.05) is 11.1 Å². The van der Waals surface area contributed by atoms with Crippen LogP contribution in [0.2, 0.25) is 0 Å². The summed E-state index contributed by atoms with van der Waals surface area (Å²) in [5.74, 6) is 5.50. The normalized spacial score (nSPS) is 34.2. The molecule has 16 bridgehead atoms. The van der Waals surface area contributed by atoms with Gasteiger partial charge in [0.05, 0.1) is 64.4 Å². The number of halogens is 4. The van der Waals surface area contributed by atoms with E-state index in [9.17, 15) is 86.7 Å². The van der Waals surface area contributed by atoms with E-state index < -0.39 is 109 Å². The average molecular weight is 1690 g/mol. The Hall–Kier alpha value is -4.76. The number of esters is 5. The number of methoxy groups -OCH3 is 1. The molecule has 34 heteroatoms. The molecule has 2 aliphatic heterocycles. The number of benzene rings is 2. The van der Waals surface area contributed by atoms with Gasteiger partial charge >= 0.3 is 46.3 Å². The smallest absolute Gasteiger partial charge is 0.415 e. The van der Waals surface area contributed by atoms with Crippen molar-refractivity contribution in [3.05, 3.63) is 71.8 Å². The van der Waals surface area contributed by atoms with Crippen molar-refractivity contribution in [3.63, 3.8) is 0 Å². The van der Waals surface area contributed by atoms with Crippen LogP contribution in [0, 0.1) is 69.0 Å². The van der Waals surface area contributed by atoms with Crippen molar-refractivity contribution in [2.75, 3.05) is 81.3 Å². The first kappa shape index (κ1) is 93.1. The number of ketones is 2. The molecule has 2 heterocycles. The van der Waals surface area contributed by atoms with Crippen molar-refractivity contribution in [2.45, 2.75) is 220 Å². The van der Waals surface area contributed by atoms with Gasteiger partial charge < -0.3 is 69.9 Å². The predicted octanol–water partition coefficient (Wildman–Crippen LogP) is 8.80. The van der Waals surface area contributed by atoms with Gasteiger partial charge in [0.15, 0.2) is 11.5 Å². The molecule has 2 aromatic rings. The largest absolute Gasteiger partial charge is 0.691 e. The molecule has 18 aliphatic rings. The summed E-state index contributed by atoms with van der Waals surface area (Å²) in [6, 6.07) is 19.3. The average Bonchev–Trinajstić information content (AvgIpc) is 0.758. The van der Waals surface area contributed by atoms with E-state index in [1.807, 2.05) is 60.7 Å². The summed E-state index contributed by atoms with van der Waals surface area (Å²) in [4.78, 5) is 93.0. The molecule has 2 saturated heterocycles. The Balaban J connectivity index is 0.000000155. The van der Waals surface area contributed by atoms with E-state index in [0.717, 1.165) is 132 Å². The molecule has 16 aliphatic carbocycles. The summed E-state index contributed by atoms with van der Waals surface area (Å²) in [6.45, 7) is -1.04. The maximum Gasteiger partial charge on any atom is 0.415 e. The summed E-state index contributed by atoms with van der Waals surface area (Å²) >= 11 is -1.52. The van der Waals surface area contributed by atoms with Gasteiger partial charge in [-0.25, -0.2) is 9.59 Å². The molecule has 0 radical (unpaired) electrons. The zero-order valence-corrected chi connectivity index (χ0v) is 67.0. The second-order valence-electron chi connectivity index (χ2n) is 34.4. The zero-order chi connectivity index (χ0) is 81.7. The zero-order valence-electron chi connectivity index (χ0n) is 63.7. The Morgan fingerprint density at radius 3 is 0.974 bits per heavy atom. The summed E-state index contributed by atoms with van der Waals surface area (Å²) in [5, 5.41) is 84.4. The first-order valence-electron chi connectivity index (χ1n) is 39.2. The Morgan fingerprint density at radius 2 is 0.702 bits per heavy atom. The monoisotopic (exact) mass is 1690 g/mol. The molecule has 16 saturated carbocycles. The quantitative estimate of drug-likeness (QED) is 0.00561. The van der Waals surface area contributed by atoms with Gasteiger partial charge in [-0.3, -0.25) is 38.8 Å². The summed E-state index contributed by atoms with van der Waals surface area (Å²) in [6.07, 6.45) is 24.7. The minimum Gasteiger partial charge on any atom is -0.691 e. The van der Waals surface area contributed by atoms with Crippen LogP contribution in [0.15, 0.2) is 60.7 Å². The van der Waals surface area contributed by atoms with Crippen LogP contribution in [-0.2, 0) is 93.0 Å². The highest BCUT2D eigenvalue weighted by Crippen LogP contribution is 2.66. The number of carbonyl (C=O) groups excluding carboxylic acids is 7. The van der Waals surface area contributed by atoms with E-state index in [-0.39, 0.29) is 52.4 Å². The minimum atomic E-state index is -4.13. The molecule has 8 atom stereocenters. The lowest BCUT2D eigenvalue weighted by Crippen LogP contribution is -2.58. The van der Waals surface area contributed by atoms with Crippen LogP contribution < -0.4 is 10.5 Å². The third-order valence-electron chi connectivity index (χ3n) is 25.2. The van der Waals surface area contributed by atoms with Crippen LogP contribution in [0.4, 0.5) is 17.6 Å². The third-order valence-corrected chi connectivity index (χ3v) is 31.0. The van der Waals surface area contributed by atoms with Gasteiger partial charge in [0.2, 0.25) is 11.6 Å². The van der Waals surface area contributed by atoms with Crippen LogP contribution in [-0.4, -0.2) is 197 Å². The van der Waals surface area contributed by atoms with E-state index in [1.165, 1.54) is 48.7 Å². The van der Waals surface area contributed by atoms with Crippen LogP contribution in [0.3, 0.4) is 0 Å². The second-order valence-corrected chi connectivity index (χ2v) is 40.7. The highest BCUT2D eigenvalue weighted by atomic mass is 32.2. The SMILES string of the molecule is C.COC(=O)C(F)(F)SOO[O-].O=C(C[S+]1CCCC1)c1ccccc1.O=C(C[S+]1CCCC1)c1ccccc1.O=C(O)C12CC3CC(CC(O)(C3)C1)C2.O=C(OCCO)C12CC3CC(CC(O)(C3)C1)C2.O=C(OCCO)C12CC3CC(CC(O)(C3)C1)C2.O=C(OCCOC(=O)C(F)(F)SOO[O-])C12CC3CC(CC(O)(C3)C1)C2. The number of hydrogen-bond acceptors (Lipinski definition) is 27. The number of ether oxygens (including phenoxy) is 5.